The van der Waals surface area contributed by atoms with Gasteiger partial charge in [-0.15, -0.1) is 0 Å². The molecule has 2 rings (SSSR count). The highest BCUT2D eigenvalue weighted by atomic mass is 16.1. The topological polar surface area (TPSA) is 34.9 Å². The molecule has 0 unspecified atom stereocenters. The van der Waals surface area contributed by atoms with Crippen molar-refractivity contribution in [1.29, 1.82) is 0 Å². The first-order chi connectivity index (χ1) is 6.68. The third-order valence-corrected chi connectivity index (χ3v) is 3.23. The lowest BCUT2D eigenvalue weighted by atomic mass is 9.81. The molecule has 14 heavy (non-hydrogen) atoms. The Morgan fingerprint density at radius 2 is 2.36 bits per heavy atom. The average Bonchev–Trinajstić information content (AvgIpc) is 2.41. The number of carbonyl (C=O) groups is 1. The van der Waals surface area contributed by atoms with E-state index in [0.717, 1.165) is 11.3 Å². The van der Waals surface area contributed by atoms with E-state index in [1.165, 1.54) is 19.3 Å². The molecule has 1 aliphatic carbocycles. The number of ketones is 1. The SMILES string of the molecule is Cc1c(C(=O)CC2CCC2)cnn1C. The highest BCUT2D eigenvalue weighted by Crippen LogP contribution is 2.30. The van der Waals surface area contributed by atoms with Crippen molar-refractivity contribution in [1.82, 2.24) is 9.78 Å². The Balaban J connectivity index is 2.06. The highest BCUT2D eigenvalue weighted by Gasteiger charge is 2.22. The summed E-state index contributed by atoms with van der Waals surface area (Å²) in [7, 11) is 1.87. The molecule has 1 aliphatic rings. The second-order valence-electron chi connectivity index (χ2n) is 4.19. The molecule has 0 radical (unpaired) electrons. The number of carbonyl (C=O) groups excluding carboxylic acids is 1. The van der Waals surface area contributed by atoms with E-state index >= 15 is 0 Å². The lowest BCUT2D eigenvalue weighted by molar-refractivity contribution is 0.0936. The first-order valence-corrected chi connectivity index (χ1v) is 5.20. The van der Waals surface area contributed by atoms with Crippen molar-refractivity contribution in [3.05, 3.63) is 17.5 Å². The first-order valence-electron chi connectivity index (χ1n) is 5.20. The molecule has 0 aliphatic heterocycles. The van der Waals surface area contributed by atoms with Crippen LogP contribution in [0.25, 0.3) is 0 Å². The van der Waals surface area contributed by atoms with Crippen LogP contribution in [-0.4, -0.2) is 15.6 Å². The van der Waals surface area contributed by atoms with Gasteiger partial charge >= 0.3 is 0 Å². The maximum absolute atomic E-state index is 11.8. The molecule has 1 saturated carbocycles. The number of rotatable bonds is 3. The van der Waals surface area contributed by atoms with Crippen molar-refractivity contribution in [3.8, 4) is 0 Å². The number of hydrogen-bond donors (Lipinski definition) is 0. The van der Waals surface area contributed by atoms with Gasteiger partial charge in [0.15, 0.2) is 5.78 Å². The summed E-state index contributed by atoms with van der Waals surface area (Å²) in [5.74, 6) is 0.905. The van der Waals surface area contributed by atoms with Crippen molar-refractivity contribution in [2.24, 2.45) is 13.0 Å². The van der Waals surface area contributed by atoms with Gasteiger partial charge < -0.3 is 0 Å². The maximum atomic E-state index is 11.8. The van der Waals surface area contributed by atoms with Crippen molar-refractivity contribution in [2.45, 2.75) is 32.6 Å². The molecule has 1 heterocycles. The monoisotopic (exact) mass is 192 g/mol. The average molecular weight is 192 g/mol. The first kappa shape index (κ1) is 9.44. The van der Waals surface area contributed by atoms with Gasteiger partial charge in [0, 0.05) is 19.2 Å². The molecule has 0 aromatic carbocycles. The van der Waals surface area contributed by atoms with E-state index in [4.69, 9.17) is 0 Å². The van der Waals surface area contributed by atoms with Gasteiger partial charge in [-0.3, -0.25) is 9.48 Å². The van der Waals surface area contributed by atoms with E-state index in [9.17, 15) is 4.79 Å². The molecule has 0 atom stereocenters. The minimum absolute atomic E-state index is 0.264. The standard InChI is InChI=1S/C11H16N2O/c1-8-10(7-12-13(8)2)11(14)6-9-4-3-5-9/h7,9H,3-6H2,1-2H3. The van der Waals surface area contributed by atoms with Crippen LogP contribution in [0.1, 0.15) is 41.7 Å². The number of Topliss-reactive ketones (excluding diaryl/α,β-unsaturated/α-hetero) is 1. The van der Waals surface area contributed by atoms with Crippen LogP contribution in [0.15, 0.2) is 6.20 Å². The van der Waals surface area contributed by atoms with Crippen molar-refractivity contribution >= 4 is 5.78 Å². The minimum atomic E-state index is 0.264. The second kappa shape index (κ2) is 3.56. The molecule has 1 fully saturated rings. The Hall–Kier alpha value is -1.12. The van der Waals surface area contributed by atoms with Gasteiger partial charge in [0.05, 0.1) is 11.8 Å². The van der Waals surface area contributed by atoms with Gasteiger partial charge in [-0.2, -0.15) is 5.10 Å². The second-order valence-corrected chi connectivity index (χ2v) is 4.19. The van der Waals surface area contributed by atoms with Crippen LogP contribution in [0, 0.1) is 12.8 Å². The predicted molar refractivity (Wildman–Crippen MR) is 54.2 cm³/mol. The van der Waals surface area contributed by atoms with Gasteiger partial charge in [0.1, 0.15) is 0 Å². The Kier molecular flexibility index (Phi) is 2.40. The summed E-state index contributed by atoms with van der Waals surface area (Å²) in [6.45, 7) is 1.95. The summed E-state index contributed by atoms with van der Waals surface area (Å²) in [4.78, 5) is 11.8. The Bertz CT molecular complexity index is 350. The van der Waals surface area contributed by atoms with E-state index in [2.05, 4.69) is 5.10 Å². The van der Waals surface area contributed by atoms with Gasteiger partial charge in [-0.05, 0) is 12.8 Å². The normalized spacial score (nSPS) is 16.7. The third kappa shape index (κ3) is 1.59. The Morgan fingerprint density at radius 1 is 1.64 bits per heavy atom. The number of nitrogens with zero attached hydrogens (tertiary/aromatic N) is 2. The summed E-state index contributed by atoms with van der Waals surface area (Å²) < 4.78 is 1.76. The molecule has 3 heteroatoms. The summed E-state index contributed by atoms with van der Waals surface area (Å²) in [6, 6.07) is 0. The molecule has 3 nitrogen and oxygen atoms in total. The van der Waals surface area contributed by atoms with Gasteiger partial charge in [-0.25, -0.2) is 0 Å². The smallest absolute Gasteiger partial charge is 0.166 e. The molecule has 1 aromatic rings. The number of aromatic nitrogens is 2. The maximum Gasteiger partial charge on any atom is 0.166 e. The zero-order valence-corrected chi connectivity index (χ0v) is 8.79. The van der Waals surface area contributed by atoms with Crippen LogP contribution < -0.4 is 0 Å². The Labute approximate surface area is 84.1 Å². The molecule has 0 saturated heterocycles. The van der Waals surface area contributed by atoms with Crippen LogP contribution in [0.2, 0.25) is 0 Å². The van der Waals surface area contributed by atoms with Crippen LogP contribution in [0.3, 0.4) is 0 Å². The highest BCUT2D eigenvalue weighted by molar-refractivity contribution is 5.97. The van der Waals surface area contributed by atoms with Crippen molar-refractivity contribution in [3.63, 3.8) is 0 Å². The summed E-state index contributed by atoms with van der Waals surface area (Å²) >= 11 is 0. The van der Waals surface area contributed by atoms with E-state index in [1.807, 2.05) is 14.0 Å². The van der Waals surface area contributed by atoms with E-state index in [0.29, 0.717) is 12.3 Å². The predicted octanol–water partition coefficient (Wildman–Crippen LogP) is 2.10. The number of hydrogen-bond acceptors (Lipinski definition) is 2. The van der Waals surface area contributed by atoms with Crippen molar-refractivity contribution < 1.29 is 4.79 Å². The fourth-order valence-electron chi connectivity index (χ4n) is 1.84. The van der Waals surface area contributed by atoms with Crippen LogP contribution in [-0.2, 0) is 7.05 Å². The van der Waals surface area contributed by atoms with Gasteiger partial charge in [0.2, 0.25) is 0 Å². The van der Waals surface area contributed by atoms with Crippen LogP contribution in [0.5, 0.6) is 0 Å². The molecule has 0 bridgehead atoms. The van der Waals surface area contributed by atoms with Crippen molar-refractivity contribution in [2.75, 3.05) is 0 Å². The molecule has 1 aromatic heterocycles. The number of aryl methyl sites for hydroxylation is 1. The zero-order chi connectivity index (χ0) is 10.1. The van der Waals surface area contributed by atoms with E-state index < -0.39 is 0 Å². The lowest BCUT2D eigenvalue weighted by Crippen LogP contribution is -2.16. The molecule has 0 N–H and O–H groups in total. The summed E-state index contributed by atoms with van der Waals surface area (Å²) in [5, 5.41) is 4.08. The summed E-state index contributed by atoms with van der Waals surface area (Å²) in [6.07, 6.45) is 6.16. The summed E-state index contributed by atoms with van der Waals surface area (Å²) in [5.41, 5.74) is 1.79. The minimum Gasteiger partial charge on any atom is -0.294 e. The zero-order valence-electron chi connectivity index (χ0n) is 8.79. The molecule has 0 spiro atoms. The molecule has 0 amide bonds. The van der Waals surface area contributed by atoms with Crippen LogP contribution in [0.4, 0.5) is 0 Å². The fourth-order valence-corrected chi connectivity index (χ4v) is 1.84. The fraction of sp³-hybridized carbons (Fsp3) is 0.636. The van der Waals surface area contributed by atoms with Gasteiger partial charge in [-0.1, -0.05) is 19.3 Å². The van der Waals surface area contributed by atoms with Crippen LogP contribution >= 0.6 is 0 Å². The Morgan fingerprint density at radius 3 is 2.79 bits per heavy atom. The largest absolute Gasteiger partial charge is 0.294 e. The van der Waals surface area contributed by atoms with E-state index in [-0.39, 0.29) is 5.78 Å². The third-order valence-electron chi connectivity index (χ3n) is 3.23. The lowest BCUT2D eigenvalue weighted by Gasteiger charge is -2.24. The molecular weight excluding hydrogens is 176 g/mol. The quantitative estimate of drug-likeness (QED) is 0.687. The van der Waals surface area contributed by atoms with E-state index in [1.54, 1.807) is 10.9 Å². The van der Waals surface area contributed by atoms with Gasteiger partial charge in [0.25, 0.3) is 0 Å². The molecular formula is C11H16N2O. The molecule has 76 valence electrons.